The minimum absolute atomic E-state index is 0.153. The van der Waals surface area contributed by atoms with Crippen molar-refractivity contribution in [1.82, 2.24) is 4.98 Å². The first kappa shape index (κ1) is 21.3. The predicted octanol–water partition coefficient (Wildman–Crippen LogP) is 6.03. The van der Waals surface area contributed by atoms with Crippen molar-refractivity contribution in [2.45, 2.75) is 6.92 Å². The molecule has 32 heavy (non-hydrogen) atoms. The molecular weight excluding hydrogens is 430 g/mol. The number of rotatable bonds is 5. The maximum atomic E-state index is 13.5. The van der Waals surface area contributed by atoms with Crippen LogP contribution >= 0.6 is 11.6 Å². The summed E-state index contributed by atoms with van der Waals surface area (Å²) < 4.78 is 5.28. The van der Waals surface area contributed by atoms with E-state index in [9.17, 15) is 14.9 Å². The number of nitrogens with zero attached hydrogens (tertiary/aromatic N) is 2. The van der Waals surface area contributed by atoms with Crippen LogP contribution in [0.5, 0.6) is 5.75 Å². The quantitative estimate of drug-likeness (QED) is 0.297. The van der Waals surface area contributed by atoms with Gasteiger partial charge in [0.2, 0.25) is 0 Å². The molecule has 0 aliphatic rings. The van der Waals surface area contributed by atoms with Crippen LogP contribution in [0, 0.1) is 17.0 Å². The lowest BCUT2D eigenvalue weighted by atomic mass is 9.97. The van der Waals surface area contributed by atoms with E-state index < -0.39 is 10.8 Å². The monoisotopic (exact) mass is 447 g/mol. The lowest BCUT2D eigenvalue weighted by molar-refractivity contribution is -0.384. The van der Waals surface area contributed by atoms with Crippen LogP contribution in [-0.4, -0.2) is 22.9 Å². The summed E-state index contributed by atoms with van der Waals surface area (Å²) in [5, 5.41) is 15.2. The minimum Gasteiger partial charge on any atom is -0.495 e. The molecule has 3 aromatic carbocycles. The Labute approximate surface area is 188 Å². The Bertz CT molecular complexity index is 1350. The van der Waals surface area contributed by atoms with Crippen molar-refractivity contribution in [1.29, 1.82) is 0 Å². The second kappa shape index (κ2) is 8.64. The van der Waals surface area contributed by atoms with E-state index in [-0.39, 0.29) is 11.4 Å². The Morgan fingerprint density at radius 3 is 2.50 bits per heavy atom. The maximum absolute atomic E-state index is 13.5. The Kier molecular flexibility index (Phi) is 5.75. The van der Waals surface area contributed by atoms with Crippen molar-refractivity contribution in [3.8, 4) is 17.0 Å². The van der Waals surface area contributed by atoms with Crippen molar-refractivity contribution < 1.29 is 14.5 Å². The molecule has 0 aliphatic heterocycles. The summed E-state index contributed by atoms with van der Waals surface area (Å²) in [5.41, 5.74) is 3.27. The van der Waals surface area contributed by atoms with Gasteiger partial charge in [-0.3, -0.25) is 14.9 Å². The molecule has 0 aliphatic carbocycles. The number of nitrogens with one attached hydrogen (secondary N) is 1. The summed E-state index contributed by atoms with van der Waals surface area (Å²) in [5.74, 6) is -0.104. The molecule has 8 heteroatoms. The van der Waals surface area contributed by atoms with E-state index in [0.29, 0.717) is 38.5 Å². The predicted molar refractivity (Wildman–Crippen MR) is 125 cm³/mol. The number of nitro benzene ring substituents is 1. The summed E-state index contributed by atoms with van der Waals surface area (Å²) >= 11 is 6.03. The molecule has 4 rings (SSSR count). The third-order valence-corrected chi connectivity index (χ3v) is 5.37. The molecule has 0 radical (unpaired) electrons. The number of carbonyl (C=O) groups is 1. The van der Waals surface area contributed by atoms with Gasteiger partial charge in [0.05, 0.1) is 34.5 Å². The minimum atomic E-state index is -0.527. The molecule has 0 saturated heterocycles. The van der Waals surface area contributed by atoms with E-state index in [1.165, 1.54) is 25.3 Å². The highest BCUT2D eigenvalue weighted by molar-refractivity contribution is 6.30. The number of para-hydroxylation sites is 1. The standard InChI is InChI=1S/C24H18ClN3O4/c1-14-22(24(29)27-20-13-17(28(30)31)11-12-21(20)32-2)18-5-3-4-6-19(18)26-23(14)15-7-9-16(25)10-8-15/h3-13H,1-2H3,(H,27,29). The molecule has 1 amide bonds. The van der Waals surface area contributed by atoms with Crippen LogP contribution in [0.2, 0.25) is 5.02 Å². The Morgan fingerprint density at radius 1 is 1.09 bits per heavy atom. The third kappa shape index (κ3) is 3.98. The number of amides is 1. The maximum Gasteiger partial charge on any atom is 0.271 e. The van der Waals surface area contributed by atoms with E-state index in [1.807, 2.05) is 43.3 Å². The lowest BCUT2D eigenvalue weighted by Crippen LogP contribution is -2.16. The van der Waals surface area contributed by atoms with Crippen LogP contribution in [-0.2, 0) is 0 Å². The highest BCUT2D eigenvalue weighted by Crippen LogP contribution is 2.33. The van der Waals surface area contributed by atoms with Gasteiger partial charge in [0.15, 0.2) is 0 Å². The van der Waals surface area contributed by atoms with Crippen LogP contribution < -0.4 is 10.1 Å². The van der Waals surface area contributed by atoms with E-state index in [0.717, 1.165) is 5.56 Å². The van der Waals surface area contributed by atoms with Crippen LogP contribution in [0.3, 0.4) is 0 Å². The van der Waals surface area contributed by atoms with Crippen molar-refractivity contribution >= 4 is 39.8 Å². The van der Waals surface area contributed by atoms with E-state index in [2.05, 4.69) is 5.32 Å². The summed E-state index contributed by atoms with van der Waals surface area (Å²) in [7, 11) is 1.43. The van der Waals surface area contributed by atoms with Gasteiger partial charge in [0.1, 0.15) is 5.75 Å². The number of halogens is 1. The van der Waals surface area contributed by atoms with Crippen LogP contribution in [0.15, 0.2) is 66.7 Å². The number of hydrogen-bond donors (Lipinski definition) is 1. The number of nitro groups is 1. The fourth-order valence-electron chi connectivity index (χ4n) is 3.58. The number of methoxy groups -OCH3 is 1. The largest absolute Gasteiger partial charge is 0.495 e. The van der Waals surface area contributed by atoms with Gasteiger partial charge in [0, 0.05) is 28.1 Å². The average Bonchev–Trinajstić information content (AvgIpc) is 2.79. The molecule has 1 N–H and O–H groups in total. The number of fused-ring (bicyclic) bond motifs is 1. The van der Waals surface area contributed by atoms with Crippen molar-refractivity contribution in [2.24, 2.45) is 0 Å². The van der Waals surface area contributed by atoms with Crippen molar-refractivity contribution in [3.05, 3.63) is 93.0 Å². The number of carbonyl (C=O) groups excluding carboxylic acids is 1. The molecule has 0 bridgehead atoms. The normalized spacial score (nSPS) is 10.7. The topological polar surface area (TPSA) is 94.4 Å². The van der Waals surface area contributed by atoms with Gasteiger partial charge in [-0.15, -0.1) is 0 Å². The summed E-state index contributed by atoms with van der Waals surface area (Å²) in [6, 6.07) is 18.6. The second-order valence-corrected chi connectivity index (χ2v) is 7.52. The first-order valence-electron chi connectivity index (χ1n) is 9.68. The fourth-order valence-corrected chi connectivity index (χ4v) is 3.71. The molecule has 1 aromatic heterocycles. The number of anilines is 1. The fraction of sp³-hybridized carbons (Fsp3) is 0.0833. The number of aromatic nitrogens is 1. The van der Waals surface area contributed by atoms with Gasteiger partial charge in [-0.05, 0) is 36.8 Å². The van der Waals surface area contributed by atoms with Gasteiger partial charge < -0.3 is 10.1 Å². The third-order valence-electron chi connectivity index (χ3n) is 5.12. The highest BCUT2D eigenvalue weighted by Gasteiger charge is 2.21. The van der Waals surface area contributed by atoms with E-state index >= 15 is 0 Å². The van der Waals surface area contributed by atoms with E-state index in [1.54, 1.807) is 12.1 Å². The molecule has 4 aromatic rings. The number of non-ortho nitro benzene ring substituents is 1. The summed E-state index contributed by atoms with van der Waals surface area (Å²) in [4.78, 5) is 28.9. The number of hydrogen-bond acceptors (Lipinski definition) is 5. The molecule has 1 heterocycles. The van der Waals surface area contributed by atoms with Crippen LogP contribution in [0.4, 0.5) is 11.4 Å². The van der Waals surface area contributed by atoms with Crippen LogP contribution in [0.25, 0.3) is 22.2 Å². The zero-order valence-corrected chi connectivity index (χ0v) is 18.0. The number of benzene rings is 3. The van der Waals surface area contributed by atoms with Gasteiger partial charge in [-0.25, -0.2) is 4.98 Å². The zero-order chi connectivity index (χ0) is 22.8. The first-order chi connectivity index (χ1) is 15.4. The molecule has 0 atom stereocenters. The van der Waals surface area contributed by atoms with E-state index in [4.69, 9.17) is 21.3 Å². The Hall–Kier alpha value is -3.97. The molecule has 0 saturated carbocycles. The molecule has 0 fully saturated rings. The van der Waals surface area contributed by atoms with Gasteiger partial charge in [-0.2, -0.15) is 0 Å². The molecule has 160 valence electrons. The van der Waals surface area contributed by atoms with Gasteiger partial charge >= 0.3 is 0 Å². The number of pyridine rings is 1. The van der Waals surface area contributed by atoms with Crippen molar-refractivity contribution in [2.75, 3.05) is 12.4 Å². The average molecular weight is 448 g/mol. The SMILES string of the molecule is COc1ccc([N+](=O)[O-])cc1NC(=O)c1c(C)c(-c2ccc(Cl)cc2)nc2ccccc12. The second-order valence-electron chi connectivity index (χ2n) is 7.08. The Morgan fingerprint density at radius 2 is 1.81 bits per heavy atom. The van der Waals surface area contributed by atoms with Gasteiger partial charge in [-0.1, -0.05) is 41.9 Å². The van der Waals surface area contributed by atoms with Crippen LogP contribution in [0.1, 0.15) is 15.9 Å². The molecule has 7 nitrogen and oxygen atoms in total. The van der Waals surface area contributed by atoms with Crippen molar-refractivity contribution in [3.63, 3.8) is 0 Å². The lowest BCUT2D eigenvalue weighted by Gasteiger charge is -2.16. The smallest absolute Gasteiger partial charge is 0.271 e. The molecule has 0 unspecified atom stereocenters. The molecular formula is C24H18ClN3O4. The number of ether oxygens (including phenoxy) is 1. The Balaban J connectivity index is 1.86. The highest BCUT2D eigenvalue weighted by atomic mass is 35.5. The first-order valence-corrected chi connectivity index (χ1v) is 10.1. The molecule has 0 spiro atoms. The zero-order valence-electron chi connectivity index (χ0n) is 17.3. The summed E-state index contributed by atoms with van der Waals surface area (Å²) in [6.07, 6.45) is 0. The summed E-state index contributed by atoms with van der Waals surface area (Å²) in [6.45, 7) is 1.82. The van der Waals surface area contributed by atoms with Gasteiger partial charge in [0.25, 0.3) is 11.6 Å².